The maximum absolute atomic E-state index is 2.45. The van der Waals surface area contributed by atoms with Gasteiger partial charge in [-0.2, -0.15) is 0 Å². The standard InChI is InChI=1S/2C17H20N2S/c2*1-13(18(2)3)12-19-14-8-4-6-10-16(14)20-17-11-7-5-9-15(17)19/h2*4-11,13H,12H2,1-3H3. The molecule has 0 radical (unpaired) electrons. The first kappa shape index (κ1) is 28.6. The van der Waals surface area contributed by atoms with Crippen molar-refractivity contribution in [1.29, 1.82) is 0 Å². The van der Waals surface area contributed by atoms with E-state index >= 15 is 0 Å². The minimum Gasteiger partial charge on any atom is -0.338 e. The summed E-state index contributed by atoms with van der Waals surface area (Å²) in [6, 6.07) is 35.7. The highest BCUT2D eigenvalue weighted by Gasteiger charge is 2.25. The summed E-state index contributed by atoms with van der Waals surface area (Å²) in [7, 11) is 8.56. The largest absolute Gasteiger partial charge is 0.338 e. The first-order valence-electron chi connectivity index (χ1n) is 13.9. The number of anilines is 4. The molecule has 0 aromatic heterocycles. The zero-order valence-corrected chi connectivity index (χ0v) is 26.0. The highest BCUT2D eigenvalue weighted by molar-refractivity contribution is 8.00. The summed E-state index contributed by atoms with van der Waals surface area (Å²) >= 11 is 3.73. The zero-order chi connectivity index (χ0) is 28.2. The number of likely N-dealkylation sites (N-methyl/N-ethyl adjacent to an activating group) is 2. The third-order valence-corrected chi connectivity index (χ3v) is 9.98. The van der Waals surface area contributed by atoms with E-state index in [4.69, 9.17) is 0 Å². The minimum absolute atomic E-state index is 0.499. The molecule has 4 aromatic rings. The van der Waals surface area contributed by atoms with Gasteiger partial charge >= 0.3 is 0 Å². The molecule has 208 valence electrons. The molecule has 40 heavy (non-hydrogen) atoms. The Morgan fingerprint density at radius 1 is 0.475 bits per heavy atom. The quantitative estimate of drug-likeness (QED) is 0.230. The van der Waals surface area contributed by atoms with Crippen LogP contribution in [0.15, 0.2) is 117 Å². The molecule has 2 heterocycles. The second-order valence-electron chi connectivity index (χ2n) is 10.9. The Labute approximate surface area is 249 Å². The van der Waals surface area contributed by atoms with Crippen LogP contribution in [0.2, 0.25) is 0 Å². The van der Waals surface area contributed by atoms with Crippen LogP contribution in [0.5, 0.6) is 0 Å². The SMILES string of the molecule is CC(CN1c2ccccc2Sc2ccccc21)N(C)C.CC(CN1c2ccccc2Sc2ccccc21)N(C)C. The maximum Gasteiger partial charge on any atom is 0.0553 e. The number of benzene rings is 4. The average molecular weight is 569 g/mol. The highest BCUT2D eigenvalue weighted by atomic mass is 32.2. The van der Waals surface area contributed by atoms with Crippen LogP contribution in [0.4, 0.5) is 22.7 Å². The molecule has 2 unspecified atom stereocenters. The van der Waals surface area contributed by atoms with Crippen LogP contribution in [0, 0.1) is 0 Å². The van der Waals surface area contributed by atoms with Crippen LogP contribution >= 0.6 is 23.5 Å². The van der Waals surface area contributed by atoms with Crippen molar-refractivity contribution in [3.05, 3.63) is 97.1 Å². The van der Waals surface area contributed by atoms with Crippen molar-refractivity contribution in [3.8, 4) is 0 Å². The van der Waals surface area contributed by atoms with Crippen LogP contribution in [0.3, 0.4) is 0 Å². The lowest BCUT2D eigenvalue weighted by atomic mass is 10.2. The van der Waals surface area contributed by atoms with Crippen molar-refractivity contribution in [2.45, 2.75) is 45.5 Å². The van der Waals surface area contributed by atoms with E-state index in [-0.39, 0.29) is 0 Å². The summed E-state index contributed by atoms with van der Waals surface area (Å²) in [6.07, 6.45) is 0. The van der Waals surface area contributed by atoms with Gasteiger partial charge in [0.05, 0.1) is 22.7 Å². The first-order valence-corrected chi connectivity index (χ1v) is 15.6. The van der Waals surface area contributed by atoms with Crippen molar-refractivity contribution < 1.29 is 0 Å². The lowest BCUT2D eigenvalue weighted by Gasteiger charge is -2.36. The normalized spacial score (nSPS) is 14.9. The average Bonchev–Trinajstić information content (AvgIpc) is 2.97. The van der Waals surface area contributed by atoms with Crippen LogP contribution < -0.4 is 9.80 Å². The minimum atomic E-state index is 0.499. The van der Waals surface area contributed by atoms with Crippen LogP contribution in [-0.2, 0) is 0 Å². The predicted molar refractivity (Wildman–Crippen MR) is 174 cm³/mol. The number of fused-ring (bicyclic) bond motifs is 4. The molecule has 0 saturated heterocycles. The molecule has 0 spiro atoms. The van der Waals surface area contributed by atoms with Gasteiger partial charge in [0, 0.05) is 44.8 Å². The van der Waals surface area contributed by atoms with E-state index in [1.807, 2.05) is 23.5 Å². The van der Waals surface area contributed by atoms with E-state index < -0.39 is 0 Å². The van der Waals surface area contributed by atoms with Gasteiger partial charge in [-0.1, -0.05) is 72.1 Å². The Bertz CT molecular complexity index is 1240. The van der Waals surface area contributed by atoms with Gasteiger partial charge in [0.1, 0.15) is 0 Å². The van der Waals surface area contributed by atoms with E-state index in [1.165, 1.54) is 42.3 Å². The number of hydrogen-bond acceptors (Lipinski definition) is 6. The Balaban J connectivity index is 0.000000161. The molecular formula is C34H40N4S2. The van der Waals surface area contributed by atoms with Gasteiger partial charge in [-0.3, -0.25) is 0 Å². The van der Waals surface area contributed by atoms with Gasteiger partial charge in [0.25, 0.3) is 0 Å². The Hall–Kier alpha value is -2.90. The van der Waals surface area contributed by atoms with Crippen LogP contribution in [0.25, 0.3) is 0 Å². The van der Waals surface area contributed by atoms with Gasteiger partial charge in [-0.25, -0.2) is 0 Å². The van der Waals surface area contributed by atoms with Crippen molar-refractivity contribution in [1.82, 2.24) is 9.80 Å². The third kappa shape index (κ3) is 6.21. The van der Waals surface area contributed by atoms with Crippen LogP contribution in [-0.4, -0.2) is 63.2 Å². The summed E-state index contributed by atoms with van der Waals surface area (Å²) in [6.45, 7) is 6.54. The molecule has 2 aliphatic rings. The molecule has 2 aliphatic heterocycles. The van der Waals surface area contributed by atoms with Gasteiger partial charge in [0.2, 0.25) is 0 Å². The molecule has 6 heteroatoms. The molecule has 4 nitrogen and oxygen atoms in total. The molecule has 0 fully saturated rings. The monoisotopic (exact) mass is 568 g/mol. The molecule has 4 aromatic carbocycles. The van der Waals surface area contributed by atoms with E-state index in [0.717, 1.165) is 13.1 Å². The molecule has 0 bridgehead atoms. The van der Waals surface area contributed by atoms with Gasteiger partial charge in [0.15, 0.2) is 0 Å². The molecule has 2 atom stereocenters. The fourth-order valence-electron chi connectivity index (χ4n) is 4.81. The molecule has 0 aliphatic carbocycles. The molecule has 0 saturated carbocycles. The number of para-hydroxylation sites is 4. The predicted octanol–water partition coefficient (Wildman–Crippen LogP) is 8.48. The fraction of sp³-hybridized carbons (Fsp3) is 0.294. The summed E-state index contributed by atoms with van der Waals surface area (Å²) in [5.41, 5.74) is 5.30. The number of hydrogen-bond donors (Lipinski definition) is 0. The van der Waals surface area contributed by atoms with E-state index in [1.54, 1.807) is 0 Å². The van der Waals surface area contributed by atoms with Crippen molar-refractivity contribution in [2.24, 2.45) is 0 Å². The fourth-order valence-corrected chi connectivity index (χ4v) is 7.00. The number of nitrogens with zero attached hydrogens (tertiary/aromatic N) is 4. The van der Waals surface area contributed by atoms with E-state index in [0.29, 0.717) is 12.1 Å². The summed E-state index contributed by atoms with van der Waals surface area (Å²) in [5, 5.41) is 0. The second-order valence-corrected chi connectivity index (χ2v) is 13.1. The van der Waals surface area contributed by atoms with Gasteiger partial charge in [-0.15, -0.1) is 0 Å². The Morgan fingerprint density at radius 3 is 0.975 bits per heavy atom. The summed E-state index contributed by atoms with van der Waals surface area (Å²) in [4.78, 5) is 14.8. The van der Waals surface area contributed by atoms with Gasteiger partial charge in [-0.05, 0) is 90.6 Å². The first-order chi connectivity index (χ1) is 19.3. The van der Waals surface area contributed by atoms with Crippen molar-refractivity contribution >= 4 is 46.3 Å². The van der Waals surface area contributed by atoms with Gasteiger partial charge < -0.3 is 19.6 Å². The molecule has 0 N–H and O–H groups in total. The third-order valence-electron chi connectivity index (χ3n) is 7.72. The van der Waals surface area contributed by atoms with E-state index in [2.05, 4.69) is 159 Å². The van der Waals surface area contributed by atoms with Crippen molar-refractivity contribution in [3.63, 3.8) is 0 Å². The maximum atomic E-state index is 2.45. The lowest BCUT2D eigenvalue weighted by Crippen LogP contribution is -2.37. The lowest BCUT2D eigenvalue weighted by molar-refractivity contribution is 0.319. The summed E-state index contributed by atoms with van der Waals surface area (Å²) in [5.74, 6) is 0. The smallest absolute Gasteiger partial charge is 0.0553 e. The molecule has 0 amide bonds. The van der Waals surface area contributed by atoms with E-state index in [9.17, 15) is 0 Å². The number of rotatable bonds is 6. The second kappa shape index (κ2) is 12.7. The Kier molecular flexibility index (Phi) is 9.11. The van der Waals surface area contributed by atoms with Crippen molar-refractivity contribution in [2.75, 3.05) is 51.1 Å². The summed E-state index contributed by atoms with van der Waals surface area (Å²) < 4.78 is 0. The molecule has 6 rings (SSSR count). The molecular weight excluding hydrogens is 529 g/mol. The Morgan fingerprint density at radius 2 is 0.725 bits per heavy atom. The highest BCUT2D eigenvalue weighted by Crippen LogP contribution is 2.49. The zero-order valence-electron chi connectivity index (χ0n) is 24.4. The van der Waals surface area contributed by atoms with Crippen LogP contribution in [0.1, 0.15) is 13.8 Å². The topological polar surface area (TPSA) is 13.0 Å².